The van der Waals surface area contributed by atoms with E-state index in [0.717, 1.165) is 5.56 Å². The van der Waals surface area contributed by atoms with Gasteiger partial charge in [-0.3, -0.25) is 9.69 Å². The predicted octanol–water partition coefficient (Wildman–Crippen LogP) is 5.03. The number of fused-ring (bicyclic) bond motifs is 1. The molecule has 1 aliphatic heterocycles. The van der Waals surface area contributed by atoms with E-state index >= 15 is 0 Å². The Kier molecular flexibility index (Phi) is 6.72. The summed E-state index contributed by atoms with van der Waals surface area (Å²) in [4.78, 5) is 28.2. The van der Waals surface area contributed by atoms with Crippen molar-refractivity contribution >= 4 is 29.1 Å². The highest BCUT2D eigenvalue weighted by Crippen LogP contribution is 2.38. The molecule has 2 amide bonds. The van der Waals surface area contributed by atoms with Gasteiger partial charge in [0.2, 0.25) is 0 Å². The number of alkyl carbamates (subject to hydrolysis) is 1. The number of benzene rings is 3. The molecule has 1 aliphatic rings. The van der Waals surface area contributed by atoms with Crippen LogP contribution in [0.1, 0.15) is 5.56 Å². The van der Waals surface area contributed by atoms with Crippen molar-refractivity contribution in [2.75, 3.05) is 22.9 Å². The first-order valence-electron chi connectivity index (χ1n) is 10.6. The lowest BCUT2D eigenvalue weighted by Gasteiger charge is -2.27. The number of anilines is 3. The van der Waals surface area contributed by atoms with Gasteiger partial charge in [0, 0.05) is 5.69 Å². The molecule has 3 aromatic rings. The highest BCUT2D eigenvalue weighted by molar-refractivity contribution is 6.04. The summed E-state index contributed by atoms with van der Waals surface area (Å²) in [5.41, 5.74) is 1.94. The minimum Gasteiger partial charge on any atom is -0.445 e. The molecular weight excluding hydrogens is 447 g/mol. The number of para-hydroxylation sites is 3. The molecule has 0 bridgehead atoms. The number of rotatable bonds is 5. The zero-order valence-electron chi connectivity index (χ0n) is 18.0. The third-order valence-electron chi connectivity index (χ3n) is 5.30. The fraction of sp³-hybridized carbons (Fsp3) is 0.200. The molecule has 4 rings (SSSR count). The summed E-state index contributed by atoms with van der Waals surface area (Å²) in [6, 6.07) is 23.0. The number of halogens is 3. The van der Waals surface area contributed by atoms with Crippen molar-refractivity contribution in [2.45, 2.75) is 18.8 Å². The zero-order chi connectivity index (χ0) is 24.1. The number of hydrogen-bond donors (Lipinski definition) is 1. The molecule has 1 heterocycles. The number of ether oxygens (including phenoxy) is 1. The summed E-state index contributed by atoms with van der Waals surface area (Å²) >= 11 is 0. The second-order valence-corrected chi connectivity index (χ2v) is 7.73. The maximum Gasteiger partial charge on any atom is 0.408 e. The summed E-state index contributed by atoms with van der Waals surface area (Å²) < 4.78 is 45.5. The van der Waals surface area contributed by atoms with Crippen LogP contribution >= 0.6 is 0 Å². The Morgan fingerprint density at radius 2 is 1.50 bits per heavy atom. The summed E-state index contributed by atoms with van der Waals surface area (Å²) in [6.45, 7) is -1.60. The van der Waals surface area contributed by atoms with Crippen molar-refractivity contribution in [3.05, 3.63) is 90.5 Å². The smallest absolute Gasteiger partial charge is 0.408 e. The van der Waals surface area contributed by atoms with Gasteiger partial charge in [0.1, 0.15) is 19.2 Å². The summed E-state index contributed by atoms with van der Waals surface area (Å²) in [6.07, 6.45) is -5.53. The van der Waals surface area contributed by atoms with Crippen LogP contribution in [0.15, 0.2) is 84.9 Å². The highest BCUT2D eigenvalue weighted by Gasteiger charge is 2.41. The molecule has 0 saturated carbocycles. The molecule has 0 aliphatic carbocycles. The third-order valence-corrected chi connectivity index (χ3v) is 5.30. The molecule has 1 N–H and O–H groups in total. The summed E-state index contributed by atoms with van der Waals surface area (Å²) in [5, 5.41) is 2.47. The van der Waals surface area contributed by atoms with Crippen LogP contribution in [0.3, 0.4) is 0 Å². The first-order valence-corrected chi connectivity index (χ1v) is 10.6. The zero-order valence-corrected chi connectivity index (χ0v) is 18.0. The van der Waals surface area contributed by atoms with E-state index in [-0.39, 0.29) is 18.8 Å². The van der Waals surface area contributed by atoms with Crippen molar-refractivity contribution in [3.8, 4) is 0 Å². The number of amides is 2. The topological polar surface area (TPSA) is 61.9 Å². The normalized spacial score (nSPS) is 16.0. The Labute approximate surface area is 194 Å². The van der Waals surface area contributed by atoms with Gasteiger partial charge in [-0.15, -0.1) is 0 Å². The average molecular weight is 469 g/mol. The van der Waals surface area contributed by atoms with Gasteiger partial charge in [-0.25, -0.2) is 4.79 Å². The molecule has 0 radical (unpaired) electrons. The van der Waals surface area contributed by atoms with Gasteiger partial charge in [-0.05, 0) is 29.8 Å². The average Bonchev–Trinajstić information content (AvgIpc) is 2.94. The number of hydrogen-bond acceptors (Lipinski definition) is 4. The van der Waals surface area contributed by atoms with Crippen LogP contribution in [0.4, 0.5) is 35.0 Å². The molecule has 1 unspecified atom stereocenters. The fourth-order valence-electron chi connectivity index (χ4n) is 3.80. The van der Waals surface area contributed by atoms with Gasteiger partial charge >= 0.3 is 12.3 Å². The van der Waals surface area contributed by atoms with E-state index in [4.69, 9.17) is 4.74 Å². The van der Waals surface area contributed by atoms with Gasteiger partial charge in [0.25, 0.3) is 5.91 Å². The van der Waals surface area contributed by atoms with E-state index < -0.39 is 30.8 Å². The van der Waals surface area contributed by atoms with Gasteiger partial charge < -0.3 is 15.0 Å². The van der Waals surface area contributed by atoms with Crippen LogP contribution in [0.5, 0.6) is 0 Å². The van der Waals surface area contributed by atoms with Gasteiger partial charge in [-0.2, -0.15) is 13.2 Å². The van der Waals surface area contributed by atoms with Crippen molar-refractivity contribution < 1.29 is 27.5 Å². The minimum atomic E-state index is -4.64. The number of carbonyl (C=O) groups is 2. The van der Waals surface area contributed by atoms with E-state index in [2.05, 4.69) is 5.32 Å². The Balaban J connectivity index is 1.65. The Hall–Kier alpha value is -4.01. The molecule has 3 aromatic carbocycles. The lowest BCUT2D eigenvalue weighted by atomic mass is 10.2. The molecule has 9 heteroatoms. The third kappa shape index (κ3) is 5.48. The maximum atomic E-state index is 13.4. The van der Waals surface area contributed by atoms with Crippen molar-refractivity contribution in [1.82, 2.24) is 5.32 Å². The second kappa shape index (κ2) is 9.86. The minimum absolute atomic E-state index is 0.0392. The van der Waals surface area contributed by atoms with Gasteiger partial charge in [0.05, 0.1) is 17.9 Å². The first-order chi connectivity index (χ1) is 16.3. The summed E-state index contributed by atoms with van der Waals surface area (Å²) in [5.74, 6) is -0.875. The predicted molar refractivity (Wildman–Crippen MR) is 122 cm³/mol. The van der Waals surface area contributed by atoms with E-state index in [1.807, 2.05) is 12.1 Å². The molecule has 0 spiro atoms. The quantitative estimate of drug-likeness (QED) is 0.570. The van der Waals surface area contributed by atoms with Gasteiger partial charge in [-0.1, -0.05) is 60.7 Å². The second-order valence-electron chi connectivity index (χ2n) is 7.73. The molecule has 176 valence electrons. The fourth-order valence-corrected chi connectivity index (χ4v) is 3.80. The number of alkyl halides is 3. The molecule has 0 aromatic heterocycles. The van der Waals surface area contributed by atoms with Crippen LogP contribution in [-0.2, 0) is 16.1 Å². The molecule has 0 saturated heterocycles. The monoisotopic (exact) mass is 469 g/mol. The van der Waals surface area contributed by atoms with E-state index in [1.165, 1.54) is 6.07 Å². The van der Waals surface area contributed by atoms with Crippen LogP contribution in [0, 0.1) is 0 Å². The van der Waals surface area contributed by atoms with Crippen molar-refractivity contribution in [3.63, 3.8) is 0 Å². The largest absolute Gasteiger partial charge is 0.445 e. The van der Waals surface area contributed by atoms with E-state index in [0.29, 0.717) is 16.3 Å². The lowest BCUT2D eigenvalue weighted by Crippen LogP contribution is -2.53. The van der Waals surface area contributed by atoms with E-state index in [1.54, 1.807) is 71.6 Å². The highest BCUT2D eigenvalue weighted by atomic mass is 19.4. The molecule has 34 heavy (non-hydrogen) atoms. The van der Waals surface area contributed by atoms with Gasteiger partial charge in [0.15, 0.2) is 0 Å². The van der Waals surface area contributed by atoms with Crippen molar-refractivity contribution in [1.29, 1.82) is 0 Å². The maximum absolute atomic E-state index is 13.4. The lowest BCUT2D eigenvalue weighted by molar-refractivity contribution is -0.133. The van der Waals surface area contributed by atoms with E-state index in [9.17, 15) is 22.8 Å². The molecule has 6 nitrogen and oxygen atoms in total. The number of carbonyl (C=O) groups excluding carboxylic acids is 2. The standard InChI is InChI=1S/C25H22F3N3O3/c26-25(27,28)17-31-22-14-8-7-13-21(22)30(19-11-5-2-6-12-19)15-20(23(31)32)29-24(33)34-16-18-9-3-1-4-10-18/h1-14,20H,15-17H2,(H,29,33). The molecular formula is C25H22F3N3O3. The van der Waals surface area contributed by atoms with Crippen molar-refractivity contribution in [2.24, 2.45) is 0 Å². The Morgan fingerprint density at radius 3 is 2.15 bits per heavy atom. The van der Waals surface area contributed by atoms with Crippen LogP contribution in [-0.4, -0.2) is 37.3 Å². The molecule has 1 atom stereocenters. The summed E-state index contributed by atoms with van der Waals surface area (Å²) in [7, 11) is 0. The number of nitrogens with one attached hydrogen (secondary N) is 1. The van der Waals surface area contributed by atoms with Crippen LogP contribution in [0.25, 0.3) is 0 Å². The first kappa shape index (κ1) is 23.2. The number of nitrogens with zero attached hydrogens (tertiary/aromatic N) is 2. The SMILES string of the molecule is O=C(NC1CN(c2ccccc2)c2ccccc2N(CC(F)(F)F)C1=O)OCc1ccccc1. The Bertz CT molecular complexity index is 1140. The van der Waals surface area contributed by atoms with Crippen LogP contribution in [0.2, 0.25) is 0 Å². The Morgan fingerprint density at radius 1 is 0.912 bits per heavy atom. The molecule has 0 fully saturated rings. The van der Waals surface area contributed by atoms with Crippen LogP contribution < -0.4 is 15.1 Å².